The first-order chi connectivity index (χ1) is 14.8. The van der Waals surface area contributed by atoms with Crippen molar-refractivity contribution in [1.82, 2.24) is 0 Å². The van der Waals surface area contributed by atoms with Gasteiger partial charge >= 0.3 is 0 Å². The molecule has 0 heterocycles. The third-order valence-electron chi connectivity index (χ3n) is 7.23. The number of unbranched alkanes of at least 4 members (excludes halogenated alkanes) is 2. The Morgan fingerprint density at radius 1 is 0.667 bits per heavy atom. The van der Waals surface area contributed by atoms with Crippen molar-refractivity contribution in [1.29, 1.82) is 0 Å². The third-order valence-corrected chi connectivity index (χ3v) is 7.23. The first kappa shape index (κ1) is 21.2. The number of hydrogen-bond acceptors (Lipinski definition) is 0. The molecule has 0 N–H and O–H groups in total. The molecule has 1 aliphatic carbocycles. The molecule has 1 aliphatic rings. The molecule has 0 aromatic heterocycles. The lowest BCUT2D eigenvalue weighted by Crippen LogP contribution is -2.13. The molecule has 0 aliphatic heterocycles. The largest absolute Gasteiger partial charge is 0.0654 e. The van der Waals surface area contributed by atoms with Gasteiger partial charge in [0.1, 0.15) is 0 Å². The highest BCUT2D eigenvalue weighted by atomic mass is 14.3. The van der Waals surface area contributed by atoms with Gasteiger partial charge in [-0.3, -0.25) is 0 Å². The van der Waals surface area contributed by atoms with E-state index in [2.05, 4.69) is 74.5 Å². The van der Waals surface area contributed by atoms with Gasteiger partial charge in [-0.1, -0.05) is 94.1 Å². The van der Waals surface area contributed by atoms with Crippen LogP contribution in [0.5, 0.6) is 0 Å². The maximum atomic E-state index is 2.39. The minimum absolute atomic E-state index is 0.773. The van der Waals surface area contributed by atoms with Crippen LogP contribution in [0, 0.1) is 5.92 Å². The topological polar surface area (TPSA) is 0 Å². The Bertz CT molecular complexity index is 926. The minimum Gasteiger partial charge on any atom is -0.0654 e. The van der Waals surface area contributed by atoms with Gasteiger partial charge < -0.3 is 0 Å². The fourth-order valence-electron chi connectivity index (χ4n) is 5.35. The molecule has 4 rings (SSSR count). The standard InChI is InChI=1S/C30H38/c1-3-5-6-8-24-11-14-30-22-29(20-19-28(30)21-24)27-17-15-26(16-18-27)25-12-9-23(7-4-2)10-13-25/h11,14-23,25H,3-10,12-13H2,1-2H3. The number of fused-ring (bicyclic) bond motifs is 1. The highest BCUT2D eigenvalue weighted by Crippen LogP contribution is 2.38. The summed E-state index contributed by atoms with van der Waals surface area (Å²) >= 11 is 0. The van der Waals surface area contributed by atoms with Crippen LogP contribution >= 0.6 is 0 Å². The van der Waals surface area contributed by atoms with Crippen molar-refractivity contribution >= 4 is 10.8 Å². The second-order valence-corrected chi connectivity index (χ2v) is 9.48. The Labute approximate surface area is 183 Å². The quantitative estimate of drug-likeness (QED) is 0.331. The zero-order valence-corrected chi connectivity index (χ0v) is 19.0. The van der Waals surface area contributed by atoms with Gasteiger partial charge in [-0.25, -0.2) is 0 Å². The van der Waals surface area contributed by atoms with Crippen LogP contribution in [0.4, 0.5) is 0 Å². The Morgan fingerprint density at radius 2 is 1.37 bits per heavy atom. The van der Waals surface area contributed by atoms with Crippen molar-refractivity contribution < 1.29 is 0 Å². The Hall–Kier alpha value is -2.08. The second-order valence-electron chi connectivity index (χ2n) is 9.48. The van der Waals surface area contributed by atoms with Crippen LogP contribution in [0.15, 0.2) is 60.7 Å². The molecule has 0 atom stereocenters. The van der Waals surface area contributed by atoms with Gasteiger partial charge in [0.15, 0.2) is 0 Å². The van der Waals surface area contributed by atoms with Gasteiger partial charge in [0, 0.05) is 0 Å². The van der Waals surface area contributed by atoms with Gasteiger partial charge in [-0.15, -0.1) is 0 Å². The molecule has 0 unspecified atom stereocenters. The minimum atomic E-state index is 0.773. The van der Waals surface area contributed by atoms with Crippen LogP contribution in [0.25, 0.3) is 21.9 Å². The smallest absolute Gasteiger partial charge is 0.0162 e. The molecule has 30 heavy (non-hydrogen) atoms. The summed E-state index contributed by atoms with van der Waals surface area (Å²) in [6.45, 7) is 4.59. The molecule has 0 nitrogen and oxygen atoms in total. The fraction of sp³-hybridized carbons (Fsp3) is 0.467. The van der Waals surface area contributed by atoms with Gasteiger partial charge in [0.05, 0.1) is 0 Å². The Kier molecular flexibility index (Phi) is 7.26. The van der Waals surface area contributed by atoms with Crippen LogP contribution in [0.2, 0.25) is 0 Å². The summed E-state index contributed by atoms with van der Waals surface area (Å²) in [5.74, 6) is 1.75. The van der Waals surface area contributed by atoms with Crippen LogP contribution in [-0.4, -0.2) is 0 Å². The van der Waals surface area contributed by atoms with Crippen molar-refractivity contribution in [2.45, 2.75) is 84.0 Å². The van der Waals surface area contributed by atoms with E-state index in [-0.39, 0.29) is 0 Å². The van der Waals surface area contributed by atoms with Crippen molar-refractivity contribution in [2.24, 2.45) is 5.92 Å². The molecular weight excluding hydrogens is 360 g/mol. The van der Waals surface area contributed by atoms with Crippen LogP contribution in [-0.2, 0) is 6.42 Å². The third kappa shape index (κ3) is 5.15. The van der Waals surface area contributed by atoms with E-state index in [9.17, 15) is 0 Å². The van der Waals surface area contributed by atoms with Crippen LogP contribution < -0.4 is 0 Å². The zero-order chi connectivity index (χ0) is 20.8. The van der Waals surface area contributed by atoms with Gasteiger partial charge in [0.25, 0.3) is 0 Å². The maximum absolute atomic E-state index is 2.39. The highest BCUT2D eigenvalue weighted by molar-refractivity contribution is 5.87. The average molecular weight is 399 g/mol. The van der Waals surface area contributed by atoms with Crippen LogP contribution in [0.3, 0.4) is 0 Å². The van der Waals surface area contributed by atoms with E-state index in [1.165, 1.54) is 91.7 Å². The van der Waals surface area contributed by atoms with Crippen molar-refractivity contribution in [2.75, 3.05) is 0 Å². The average Bonchev–Trinajstić information content (AvgIpc) is 2.80. The maximum Gasteiger partial charge on any atom is -0.0162 e. The Balaban J connectivity index is 1.44. The van der Waals surface area contributed by atoms with Gasteiger partial charge in [-0.05, 0) is 89.5 Å². The van der Waals surface area contributed by atoms with E-state index < -0.39 is 0 Å². The fourth-order valence-corrected chi connectivity index (χ4v) is 5.35. The molecule has 158 valence electrons. The SMILES string of the molecule is CCCCCc1ccc2cc(-c3ccc(C4CCC(CCC)CC4)cc3)ccc2c1. The molecule has 0 spiro atoms. The lowest BCUT2D eigenvalue weighted by Gasteiger charge is -2.28. The molecule has 0 heteroatoms. The Morgan fingerprint density at radius 3 is 2.10 bits per heavy atom. The summed E-state index contributed by atoms with van der Waals surface area (Å²) < 4.78 is 0. The number of rotatable bonds is 8. The van der Waals surface area contributed by atoms with Crippen molar-refractivity contribution in [3.05, 3.63) is 71.8 Å². The monoisotopic (exact) mass is 398 g/mol. The first-order valence-corrected chi connectivity index (χ1v) is 12.4. The summed E-state index contributed by atoms with van der Waals surface area (Å²) in [4.78, 5) is 0. The molecule has 1 fully saturated rings. The molecule has 0 saturated heterocycles. The number of hydrogen-bond donors (Lipinski definition) is 0. The summed E-state index contributed by atoms with van der Waals surface area (Å²) in [5.41, 5.74) is 5.69. The van der Waals surface area contributed by atoms with Crippen LogP contribution in [0.1, 0.15) is 88.7 Å². The van der Waals surface area contributed by atoms with E-state index in [1.807, 2.05) is 0 Å². The lowest BCUT2D eigenvalue weighted by atomic mass is 9.77. The van der Waals surface area contributed by atoms with E-state index in [0.717, 1.165) is 11.8 Å². The van der Waals surface area contributed by atoms with Crippen molar-refractivity contribution in [3.63, 3.8) is 0 Å². The summed E-state index contributed by atoms with van der Waals surface area (Å²) in [6, 6.07) is 23.4. The summed E-state index contributed by atoms with van der Waals surface area (Å²) in [6.07, 6.45) is 13.5. The van der Waals surface area contributed by atoms with Gasteiger partial charge in [-0.2, -0.15) is 0 Å². The summed E-state index contributed by atoms with van der Waals surface area (Å²) in [5, 5.41) is 2.72. The molecule has 0 amide bonds. The number of benzene rings is 3. The van der Waals surface area contributed by atoms with Crippen molar-refractivity contribution in [3.8, 4) is 11.1 Å². The predicted molar refractivity (Wildman–Crippen MR) is 132 cm³/mol. The van der Waals surface area contributed by atoms with E-state index >= 15 is 0 Å². The number of aryl methyl sites for hydroxylation is 1. The molecule has 3 aromatic rings. The molecule has 3 aromatic carbocycles. The summed E-state index contributed by atoms with van der Waals surface area (Å²) in [7, 11) is 0. The molecule has 0 radical (unpaired) electrons. The normalized spacial score (nSPS) is 19.3. The second kappa shape index (κ2) is 10.3. The van der Waals surface area contributed by atoms with E-state index in [1.54, 1.807) is 5.56 Å². The van der Waals surface area contributed by atoms with E-state index in [4.69, 9.17) is 0 Å². The zero-order valence-electron chi connectivity index (χ0n) is 19.0. The predicted octanol–water partition coefficient (Wildman–Crippen LogP) is 9.31. The molecular formula is C30H38. The highest BCUT2D eigenvalue weighted by Gasteiger charge is 2.21. The lowest BCUT2D eigenvalue weighted by molar-refractivity contribution is 0.308. The molecule has 1 saturated carbocycles. The first-order valence-electron chi connectivity index (χ1n) is 12.4. The van der Waals surface area contributed by atoms with Gasteiger partial charge in [0.2, 0.25) is 0 Å². The molecule has 0 bridgehead atoms. The van der Waals surface area contributed by atoms with E-state index in [0.29, 0.717) is 0 Å².